The van der Waals surface area contributed by atoms with Crippen molar-refractivity contribution in [2.75, 3.05) is 10.2 Å². The molecule has 136 valence electrons. The quantitative estimate of drug-likeness (QED) is 0.714. The van der Waals surface area contributed by atoms with Gasteiger partial charge in [0.2, 0.25) is 5.88 Å². The van der Waals surface area contributed by atoms with E-state index in [4.69, 9.17) is 9.05 Å². The monoisotopic (exact) mass is 364 g/mol. The van der Waals surface area contributed by atoms with E-state index >= 15 is 0 Å². The van der Waals surface area contributed by atoms with Crippen molar-refractivity contribution in [3.8, 4) is 0 Å². The fraction of sp³-hybridized carbons (Fsp3) is 0.158. The van der Waals surface area contributed by atoms with Gasteiger partial charge in [-0.05, 0) is 19.9 Å². The number of fused-ring (bicyclic) bond motifs is 1. The van der Waals surface area contributed by atoms with Gasteiger partial charge in [0.25, 0.3) is 11.8 Å². The van der Waals surface area contributed by atoms with Crippen LogP contribution in [0.5, 0.6) is 0 Å². The predicted molar refractivity (Wildman–Crippen MR) is 96.7 cm³/mol. The van der Waals surface area contributed by atoms with E-state index in [1.54, 1.807) is 30.0 Å². The van der Waals surface area contributed by atoms with Gasteiger partial charge in [-0.2, -0.15) is 0 Å². The molecule has 0 aliphatic carbocycles. The number of nitrogens with one attached hydrogen (secondary N) is 1. The van der Waals surface area contributed by atoms with Crippen LogP contribution in [0.15, 0.2) is 51.5 Å². The van der Waals surface area contributed by atoms with Gasteiger partial charge in [0.15, 0.2) is 5.76 Å². The summed E-state index contributed by atoms with van der Waals surface area (Å²) in [5.74, 6) is 0.0383. The maximum absolute atomic E-state index is 12.9. The molecule has 1 aromatic carbocycles. The molecule has 1 N–H and O–H groups in total. The van der Waals surface area contributed by atoms with Gasteiger partial charge in [-0.3, -0.25) is 14.9 Å². The van der Waals surface area contributed by atoms with Crippen molar-refractivity contribution < 1.29 is 18.6 Å². The molecule has 8 nitrogen and oxygen atoms in total. The summed E-state index contributed by atoms with van der Waals surface area (Å²) in [6, 6.07) is 10.7. The van der Waals surface area contributed by atoms with Crippen molar-refractivity contribution in [2.24, 2.45) is 0 Å². The molecule has 0 saturated heterocycles. The number of benzene rings is 1. The molecule has 2 aromatic heterocycles. The average Bonchev–Trinajstić information content (AvgIpc) is 3.30. The number of aryl methyl sites for hydroxylation is 2. The molecule has 3 aromatic rings. The topological polar surface area (TPSA) is 101 Å². The minimum atomic E-state index is -0.471. The molecule has 0 atom stereocenters. The minimum Gasteiger partial charge on any atom is -0.359 e. The van der Waals surface area contributed by atoms with Crippen molar-refractivity contribution in [3.05, 3.63) is 65.2 Å². The Balaban J connectivity index is 1.63. The Morgan fingerprint density at radius 3 is 2.59 bits per heavy atom. The molecule has 0 unspecified atom stereocenters. The first-order valence-corrected chi connectivity index (χ1v) is 8.31. The highest BCUT2D eigenvalue weighted by atomic mass is 16.5. The van der Waals surface area contributed by atoms with Crippen LogP contribution in [-0.4, -0.2) is 22.1 Å². The van der Waals surface area contributed by atoms with E-state index in [0.29, 0.717) is 28.3 Å². The van der Waals surface area contributed by atoms with Crippen molar-refractivity contribution in [1.29, 1.82) is 0 Å². The summed E-state index contributed by atoms with van der Waals surface area (Å²) in [5, 5.41) is 10.1. The second kappa shape index (κ2) is 6.56. The number of rotatable bonds is 4. The van der Waals surface area contributed by atoms with Crippen LogP contribution in [0.4, 0.5) is 11.6 Å². The van der Waals surface area contributed by atoms with Crippen LogP contribution in [0.1, 0.15) is 22.7 Å². The van der Waals surface area contributed by atoms with E-state index < -0.39 is 5.91 Å². The molecule has 0 radical (unpaired) electrons. The van der Waals surface area contributed by atoms with Gasteiger partial charge in [0.1, 0.15) is 0 Å². The van der Waals surface area contributed by atoms with E-state index in [-0.39, 0.29) is 18.3 Å². The van der Waals surface area contributed by atoms with Crippen LogP contribution in [0.25, 0.3) is 5.57 Å². The molecule has 0 saturated carbocycles. The molecule has 0 fully saturated rings. The Labute approximate surface area is 154 Å². The van der Waals surface area contributed by atoms with Gasteiger partial charge < -0.3 is 13.9 Å². The zero-order valence-electron chi connectivity index (χ0n) is 14.7. The third kappa shape index (κ3) is 3.24. The highest BCUT2D eigenvalue weighted by Gasteiger charge is 2.33. The molecular weight excluding hydrogens is 348 g/mol. The fourth-order valence-corrected chi connectivity index (χ4v) is 2.96. The maximum atomic E-state index is 12.9. The van der Waals surface area contributed by atoms with Gasteiger partial charge in [-0.25, -0.2) is 0 Å². The summed E-state index contributed by atoms with van der Waals surface area (Å²) < 4.78 is 10.2. The van der Waals surface area contributed by atoms with Gasteiger partial charge in [-0.15, -0.1) is 0 Å². The van der Waals surface area contributed by atoms with Crippen molar-refractivity contribution in [2.45, 2.75) is 20.4 Å². The number of nitrogens with zero attached hydrogens (tertiary/aromatic N) is 3. The van der Waals surface area contributed by atoms with Crippen LogP contribution in [0, 0.1) is 13.8 Å². The van der Waals surface area contributed by atoms with Gasteiger partial charge in [0, 0.05) is 23.8 Å². The molecule has 0 bridgehead atoms. The Kier molecular flexibility index (Phi) is 4.08. The van der Waals surface area contributed by atoms with Gasteiger partial charge in [0.05, 0.1) is 29.2 Å². The predicted octanol–water partition coefficient (Wildman–Crippen LogP) is 2.85. The summed E-state index contributed by atoms with van der Waals surface area (Å²) in [5.41, 5.74) is 3.08. The first kappa shape index (κ1) is 16.8. The van der Waals surface area contributed by atoms with Gasteiger partial charge >= 0.3 is 0 Å². The third-order valence-electron chi connectivity index (χ3n) is 4.10. The number of anilines is 2. The van der Waals surface area contributed by atoms with Crippen LogP contribution < -0.4 is 10.2 Å². The number of hydrogen-bond acceptors (Lipinski definition) is 6. The van der Waals surface area contributed by atoms with Crippen LogP contribution in [-0.2, 0) is 16.1 Å². The fourth-order valence-electron chi connectivity index (χ4n) is 2.96. The lowest BCUT2D eigenvalue weighted by Gasteiger charge is -2.14. The highest BCUT2D eigenvalue weighted by molar-refractivity contribution is 6.35. The number of para-hydroxylation sites is 1. The normalized spacial score (nSPS) is 14.7. The van der Waals surface area contributed by atoms with E-state index in [0.717, 1.165) is 5.69 Å². The molecular formula is C19H16N4O4. The molecule has 1 aliphatic heterocycles. The molecule has 3 heterocycles. The molecule has 1 aliphatic rings. The summed E-state index contributed by atoms with van der Waals surface area (Å²) in [4.78, 5) is 26.8. The lowest BCUT2D eigenvalue weighted by molar-refractivity contribution is -0.114. The van der Waals surface area contributed by atoms with Gasteiger partial charge in [-0.1, -0.05) is 28.5 Å². The lowest BCUT2D eigenvalue weighted by atomic mass is 10.1. The van der Waals surface area contributed by atoms with Crippen molar-refractivity contribution >= 4 is 29.0 Å². The first-order chi connectivity index (χ1) is 13.0. The van der Waals surface area contributed by atoms with Crippen LogP contribution in [0.2, 0.25) is 0 Å². The lowest BCUT2D eigenvalue weighted by Crippen LogP contribution is -2.25. The smallest absolute Gasteiger partial charge is 0.259 e. The summed E-state index contributed by atoms with van der Waals surface area (Å²) >= 11 is 0. The summed E-state index contributed by atoms with van der Waals surface area (Å²) in [7, 11) is 0. The number of hydrogen-bond donors (Lipinski definition) is 1. The number of aromatic nitrogens is 2. The zero-order chi connectivity index (χ0) is 19.0. The Hall–Kier alpha value is -3.68. The second-order valence-corrected chi connectivity index (χ2v) is 6.22. The SMILES string of the molecule is Cc1cc(CN2C(=O)/C(=C/C(=O)Nc3cc(C)no3)c3ccccc32)on1. The molecule has 8 heteroatoms. The number of carbonyl (C=O) groups is 2. The highest BCUT2D eigenvalue weighted by Crippen LogP contribution is 2.37. The Bertz CT molecular complexity index is 1060. The maximum Gasteiger partial charge on any atom is 0.259 e. The Morgan fingerprint density at radius 1 is 1.15 bits per heavy atom. The zero-order valence-corrected chi connectivity index (χ0v) is 14.7. The third-order valence-corrected chi connectivity index (χ3v) is 4.10. The van der Waals surface area contributed by atoms with Crippen molar-refractivity contribution in [1.82, 2.24) is 10.3 Å². The largest absolute Gasteiger partial charge is 0.359 e. The number of carbonyl (C=O) groups excluding carboxylic acids is 2. The molecule has 2 amide bonds. The summed E-state index contributed by atoms with van der Waals surface area (Å²) in [6.45, 7) is 3.79. The molecule has 0 spiro atoms. The van der Waals surface area contributed by atoms with Crippen molar-refractivity contribution in [3.63, 3.8) is 0 Å². The van der Waals surface area contributed by atoms with E-state index in [9.17, 15) is 9.59 Å². The Morgan fingerprint density at radius 2 is 1.89 bits per heavy atom. The standard InChI is InChI=1S/C19H16N4O4/c1-11-7-13(26-21-11)10-23-16-6-4-3-5-14(16)15(19(23)25)9-17(24)20-18-8-12(2)22-27-18/h3-9H,10H2,1-2H3,(H,20,24)/b15-9+. The first-order valence-electron chi connectivity index (χ1n) is 8.31. The van der Waals surface area contributed by atoms with E-state index in [1.807, 2.05) is 25.1 Å². The van der Waals surface area contributed by atoms with Crippen LogP contribution >= 0.6 is 0 Å². The number of amides is 2. The second-order valence-electron chi connectivity index (χ2n) is 6.22. The van der Waals surface area contributed by atoms with Crippen LogP contribution in [0.3, 0.4) is 0 Å². The molecule has 27 heavy (non-hydrogen) atoms. The van der Waals surface area contributed by atoms with E-state index in [2.05, 4.69) is 15.6 Å². The molecule has 4 rings (SSSR count). The minimum absolute atomic E-state index is 0.224. The summed E-state index contributed by atoms with van der Waals surface area (Å²) in [6.07, 6.45) is 1.27. The van der Waals surface area contributed by atoms with E-state index in [1.165, 1.54) is 6.08 Å². The average molecular weight is 364 g/mol.